The number of benzene rings is 1. The molecule has 0 fully saturated rings. The SMILES string of the molecule is CNC(=O)C(CC(C)C)NC(=O)CC(O)c1ccccc1. The molecule has 0 aliphatic carbocycles. The summed E-state index contributed by atoms with van der Waals surface area (Å²) in [5.41, 5.74) is 0.688. The van der Waals surface area contributed by atoms with E-state index in [1.165, 1.54) is 0 Å². The van der Waals surface area contributed by atoms with Crippen LogP contribution in [-0.4, -0.2) is 30.0 Å². The molecule has 21 heavy (non-hydrogen) atoms. The molecule has 0 radical (unpaired) electrons. The molecule has 3 N–H and O–H groups in total. The maximum absolute atomic E-state index is 12.0. The van der Waals surface area contributed by atoms with Crippen molar-refractivity contribution in [2.75, 3.05) is 7.05 Å². The highest BCUT2D eigenvalue weighted by molar-refractivity contribution is 5.87. The predicted octanol–water partition coefficient (Wildman–Crippen LogP) is 1.39. The predicted molar refractivity (Wildman–Crippen MR) is 81.5 cm³/mol. The number of aliphatic hydroxyl groups excluding tert-OH is 1. The monoisotopic (exact) mass is 292 g/mol. The van der Waals surface area contributed by atoms with Crippen LogP contribution in [0.2, 0.25) is 0 Å². The van der Waals surface area contributed by atoms with Crippen molar-refractivity contribution in [1.29, 1.82) is 0 Å². The molecular weight excluding hydrogens is 268 g/mol. The van der Waals surface area contributed by atoms with Gasteiger partial charge in [0.2, 0.25) is 11.8 Å². The Bertz CT molecular complexity index is 460. The van der Waals surface area contributed by atoms with Crippen LogP contribution in [0, 0.1) is 5.92 Å². The molecule has 2 atom stereocenters. The van der Waals surface area contributed by atoms with Crippen molar-refractivity contribution in [2.45, 2.75) is 38.8 Å². The van der Waals surface area contributed by atoms with Crippen LogP contribution >= 0.6 is 0 Å². The lowest BCUT2D eigenvalue weighted by molar-refractivity contribution is -0.130. The maximum atomic E-state index is 12.0. The Kier molecular flexibility index (Phi) is 6.88. The Morgan fingerprint density at radius 3 is 2.33 bits per heavy atom. The van der Waals surface area contributed by atoms with E-state index in [0.29, 0.717) is 12.0 Å². The van der Waals surface area contributed by atoms with Gasteiger partial charge in [0.1, 0.15) is 6.04 Å². The van der Waals surface area contributed by atoms with Gasteiger partial charge in [0.05, 0.1) is 12.5 Å². The van der Waals surface area contributed by atoms with Crippen molar-refractivity contribution >= 4 is 11.8 Å². The van der Waals surface area contributed by atoms with Crippen molar-refractivity contribution in [3.63, 3.8) is 0 Å². The average Bonchev–Trinajstić information content (AvgIpc) is 2.46. The first-order chi connectivity index (χ1) is 9.93. The molecule has 0 saturated carbocycles. The second-order valence-electron chi connectivity index (χ2n) is 5.49. The fourth-order valence-corrected chi connectivity index (χ4v) is 2.10. The average molecular weight is 292 g/mol. The summed E-state index contributed by atoms with van der Waals surface area (Å²) >= 11 is 0. The summed E-state index contributed by atoms with van der Waals surface area (Å²) in [6, 6.07) is 8.43. The smallest absolute Gasteiger partial charge is 0.242 e. The van der Waals surface area contributed by atoms with Gasteiger partial charge >= 0.3 is 0 Å². The van der Waals surface area contributed by atoms with Crippen molar-refractivity contribution in [1.82, 2.24) is 10.6 Å². The first kappa shape index (κ1) is 17.2. The molecule has 0 aliphatic heterocycles. The summed E-state index contributed by atoms with van der Waals surface area (Å²) < 4.78 is 0. The van der Waals surface area contributed by atoms with E-state index in [2.05, 4.69) is 10.6 Å². The zero-order valence-electron chi connectivity index (χ0n) is 12.8. The maximum Gasteiger partial charge on any atom is 0.242 e. The number of nitrogens with one attached hydrogen (secondary N) is 2. The van der Waals surface area contributed by atoms with Crippen LogP contribution in [0.15, 0.2) is 30.3 Å². The number of carbonyl (C=O) groups excluding carboxylic acids is 2. The first-order valence-electron chi connectivity index (χ1n) is 7.18. The lowest BCUT2D eigenvalue weighted by Crippen LogP contribution is -2.46. The van der Waals surface area contributed by atoms with Crippen molar-refractivity contribution in [3.05, 3.63) is 35.9 Å². The number of hydrogen-bond donors (Lipinski definition) is 3. The fourth-order valence-electron chi connectivity index (χ4n) is 2.10. The van der Waals surface area contributed by atoms with E-state index in [9.17, 15) is 14.7 Å². The van der Waals surface area contributed by atoms with Gasteiger partial charge in [0, 0.05) is 7.05 Å². The number of aliphatic hydroxyl groups is 1. The molecule has 0 bridgehead atoms. The van der Waals surface area contributed by atoms with Gasteiger partial charge < -0.3 is 15.7 Å². The summed E-state index contributed by atoms with van der Waals surface area (Å²) in [5, 5.41) is 15.3. The Hall–Kier alpha value is -1.88. The lowest BCUT2D eigenvalue weighted by Gasteiger charge is -2.20. The van der Waals surface area contributed by atoms with Crippen LogP contribution in [0.1, 0.15) is 38.4 Å². The molecule has 1 rings (SSSR count). The second kappa shape index (κ2) is 8.42. The van der Waals surface area contributed by atoms with Gasteiger partial charge in [-0.25, -0.2) is 0 Å². The first-order valence-corrected chi connectivity index (χ1v) is 7.18. The molecule has 1 aromatic carbocycles. The minimum absolute atomic E-state index is 0.0599. The molecule has 5 heteroatoms. The van der Waals surface area contributed by atoms with E-state index in [1.54, 1.807) is 19.2 Å². The Morgan fingerprint density at radius 1 is 1.19 bits per heavy atom. The molecule has 0 aliphatic rings. The molecule has 2 amide bonds. The lowest BCUT2D eigenvalue weighted by atomic mass is 10.0. The summed E-state index contributed by atoms with van der Waals surface area (Å²) in [6.07, 6.45) is -0.363. The molecule has 0 spiro atoms. The van der Waals surface area contributed by atoms with Crippen LogP contribution in [-0.2, 0) is 9.59 Å². The summed E-state index contributed by atoms with van der Waals surface area (Å²) in [4.78, 5) is 23.7. The Labute approximate surface area is 125 Å². The van der Waals surface area contributed by atoms with Gasteiger partial charge in [0.25, 0.3) is 0 Å². The van der Waals surface area contributed by atoms with Gasteiger partial charge in [0.15, 0.2) is 0 Å². The number of hydrogen-bond acceptors (Lipinski definition) is 3. The van der Waals surface area contributed by atoms with Crippen LogP contribution in [0.4, 0.5) is 0 Å². The van der Waals surface area contributed by atoms with Gasteiger partial charge in [-0.1, -0.05) is 44.2 Å². The van der Waals surface area contributed by atoms with E-state index < -0.39 is 12.1 Å². The van der Waals surface area contributed by atoms with Crippen LogP contribution in [0.3, 0.4) is 0 Å². The third-order valence-corrected chi connectivity index (χ3v) is 3.17. The highest BCUT2D eigenvalue weighted by Crippen LogP contribution is 2.16. The largest absolute Gasteiger partial charge is 0.388 e. The Morgan fingerprint density at radius 2 is 1.81 bits per heavy atom. The molecular formula is C16H24N2O3. The number of rotatable bonds is 7. The molecule has 2 unspecified atom stereocenters. The standard InChI is InChI=1S/C16H24N2O3/c1-11(2)9-13(16(21)17-3)18-15(20)10-14(19)12-7-5-4-6-8-12/h4-8,11,13-14,19H,9-10H2,1-3H3,(H,17,21)(H,18,20). The molecule has 5 nitrogen and oxygen atoms in total. The third kappa shape index (κ3) is 5.95. The quantitative estimate of drug-likeness (QED) is 0.710. The second-order valence-corrected chi connectivity index (χ2v) is 5.49. The van der Waals surface area contributed by atoms with E-state index in [-0.39, 0.29) is 24.2 Å². The number of carbonyl (C=O) groups is 2. The minimum Gasteiger partial charge on any atom is -0.388 e. The summed E-state index contributed by atoms with van der Waals surface area (Å²) in [5.74, 6) is -0.265. The van der Waals surface area contributed by atoms with Gasteiger partial charge in [-0.2, -0.15) is 0 Å². The minimum atomic E-state index is -0.865. The van der Waals surface area contributed by atoms with Crippen LogP contribution in [0.5, 0.6) is 0 Å². The molecule has 0 heterocycles. The van der Waals surface area contributed by atoms with Crippen LogP contribution < -0.4 is 10.6 Å². The fraction of sp³-hybridized carbons (Fsp3) is 0.500. The van der Waals surface area contributed by atoms with Crippen molar-refractivity contribution in [3.8, 4) is 0 Å². The third-order valence-electron chi connectivity index (χ3n) is 3.17. The van der Waals surface area contributed by atoms with Gasteiger partial charge in [-0.05, 0) is 17.9 Å². The van der Waals surface area contributed by atoms with E-state index >= 15 is 0 Å². The Balaban J connectivity index is 2.59. The van der Waals surface area contributed by atoms with Gasteiger partial charge in [-0.15, -0.1) is 0 Å². The van der Waals surface area contributed by atoms with Crippen molar-refractivity contribution < 1.29 is 14.7 Å². The number of amides is 2. The van der Waals surface area contributed by atoms with Gasteiger partial charge in [-0.3, -0.25) is 9.59 Å². The number of likely N-dealkylation sites (N-methyl/N-ethyl adjacent to an activating group) is 1. The van der Waals surface area contributed by atoms with E-state index in [4.69, 9.17) is 0 Å². The zero-order valence-corrected chi connectivity index (χ0v) is 12.8. The molecule has 0 aromatic heterocycles. The van der Waals surface area contributed by atoms with E-state index in [0.717, 1.165) is 0 Å². The normalized spacial score (nSPS) is 13.6. The van der Waals surface area contributed by atoms with Crippen LogP contribution in [0.25, 0.3) is 0 Å². The molecule has 116 valence electrons. The zero-order chi connectivity index (χ0) is 15.8. The highest BCUT2D eigenvalue weighted by Gasteiger charge is 2.22. The topological polar surface area (TPSA) is 78.4 Å². The van der Waals surface area contributed by atoms with Crippen molar-refractivity contribution in [2.24, 2.45) is 5.92 Å². The summed E-state index contributed by atoms with van der Waals surface area (Å²) in [7, 11) is 1.54. The summed E-state index contributed by atoms with van der Waals surface area (Å²) in [6.45, 7) is 3.97. The van der Waals surface area contributed by atoms with E-state index in [1.807, 2.05) is 32.0 Å². The highest BCUT2D eigenvalue weighted by atomic mass is 16.3. The molecule has 1 aromatic rings. The molecule has 0 saturated heterocycles.